The molecule has 90 valence electrons. The maximum Gasteiger partial charge on any atom is 0.225 e. The molecule has 0 radical (unpaired) electrons. The Morgan fingerprint density at radius 3 is 2.61 bits per heavy atom. The molecule has 0 aliphatic heterocycles. The Bertz CT molecular complexity index is 694. The number of nitrogens with zero attached hydrogens (tertiary/aromatic N) is 4. The van der Waals surface area contributed by atoms with E-state index in [0.717, 1.165) is 5.56 Å². The SMILES string of the molecule is Clc1nc(Cl)c2c(ncn2Cc2ccccc2)n1. The first-order valence-corrected chi connectivity index (χ1v) is 6.07. The van der Waals surface area contributed by atoms with E-state index in [1.54, 1.807) is 6.33 Å². The van der Waals surface area contributed by atoms with Crippen LogP contribution in [0.15, 0.2) is 36.7 Å². The molecular formula is C12H8Cl2N4. The van der Waals surface area contributed by atoms with Crippen LogP contribution in [0.3, 0.4) is 0 Å². The van der Waals surface area contributed by atoms with Gasteiger partial charge >= 0.3 is 0 Å². The number of benzene rings is 1. The summed E-state index contributed by atoms with van der Waals surface area (Å²) in [7, 11) is 0. The van der Waals surface area contributed by atoms with Crippen LogP contribution in [-0.4, -0.2) is 19.5 Å². The quantitative estimate of drug-likeness (QED) is 0.534. The van der Waals surface area contributed by atoms with Crippen molar-refractivity contribution in [3.8, 4) is 0 Å². The Morgan fingerprint density at radius 2 is 1.83 bits per heavy atom. The van der Waals surface area contributed by atoms with Gasteiger partial charge in [0.25, 0.3) is 0 Å². The molecule has 0 bridgehead atoms. The number of fused-ring (bicyclic) bond motifs is 1. The third-order valence-corrected chi connectivity index (χ3v) is 3.03. The van der Waals surface area contributed by atoms with Crippen LogP contribution in [0.5, 0.6) is 0 Å². The molecule has 4 nitrogen and oxygen atoms in total. The van der Waals surface area contributed by atoms with Crippen LogP contribution in [0.2, 0.25) is 10.4 Å². The summed E-state index contributed by atoms with van der Waals surface area (Å²) in [4.78, 5) is 12.2. The largest absolute Gasteiger partial charge is 0.322 e. The van der Waals surface area contributed by atoms with Gasteiger partial charge in [0, 0.05) is 6.54 Å². The summed E-state index contributed by atoms with van der Waals surface area (Å²) in [5.41, 5.74) is 2.36. The van der Waals surface area contributed by atoms with Crippen molar-refractivity contribution in [2.75, 3.05) is 0 Å². The van der Waals surface area contributed by atoms with Crippen LogP contribution in [0.4, 0.5) is 0 Å². The van der Waals surface area contributed by atoms with Gasteiger partial charge in [-0.2, -0.15) is 4.98 Å². The van der Waals surface area contributed by atoms with Gasteiger partial charge in [-0.05, 0) is 17.2 Å². The average Bonchev–Trinajstić information content (AvgIpc) is 2.73. The minimum absolute atomic E-state index is 0.109. The molecule has 0 spiro atoms. The van der Waals surface area contributed by atoms with E-state index in [0.29, 0.717) is 22.9 Å². The Kier molecular flexibility index (Phi) is 2.89. The van der Waals surface area contributed by atoms with Gasteiger partial charge in [0.05, 0.1) is 6.33 Å². The summed E-state index contributed by atoms with van der Waals surface area (Å²) in [5.74, 6) is 0. The molecule has 0 aliphatic carbocycles. The number of aromatic nitrogens is 4. The van der Waals surface area contributed by atoms with Crippen molar-refractivity contribution in [1.29, 1.82) is 0 Å². The van der Waals surface area contributed by atoms with Crippen molar-refractivity contribution in [3.05, 3.63) is 52.7 Å². The maximum absolute atomic E-state index is 6.08. The molecule has 3 aromatic rings. The summed E-state index contributed by atoms with van der Waals surface area (Å²) in [6.45, 7) is 0.669. The first kappa shape index (κ1) is 11.4. The second-order valence-corrected chi connectivity index (χ2v) is 4.51. The number of halogens is 2. The van der Waals surface area contributed by atoms with E-state index >= 15 is 0 Å². The lowest BCUT2D eigenvalue weighted by atomic mass is 10.2. The van der Waals surface area contributed by atoms with Gasteiger partial charge in [-0.1, -0.05) is 41.9 Å². The van der Waals surface area contributed by atoms with Gasteiger partial charge in [0.1, 0.15) is 5.52 Å². The molecule has 18 heavy (non-hydrogen) atoms. The third-order valence-electron chi connectivity index (χ3n) is 2.60. The van der Waals surface area contributed by atoms with Gasteiger partial charge in [0.15, 0.2) is 10.8 Å². The number of imidazole rings is 1. The van der Waals surface area contributed by atoms with Crippen LogP contribution < -0.4 is 0 Å². The van der Waals surface area contributed by atoms with E-state index in [1.165, 1.54) is 0 Å². The average molecular weight is 279 g/mol. The molecule has 0 saturated carbocycles. The van der Waals surface area contributed by atoms with Crippen LogP contribution in [0.1, 0.15) is 5.56 Å². The number of hydrogen-bond donors (Lipinski definition) is 0. The zero-order chi connectivity index (χ0) is 12.5. The van der Waals surface area contributed by atoms with Gasteiger partial charge < -0.3 is 4.57 Å². The Balaban J connectivity index is 2.08. The summed E-state index contributed by atoms with van der Waals surface area (Å²) >= 11 is 11.8. The first-order chi connectivity index (χ1) is 8.74. The molecule has 0 atom stereocenters. The minimum atomic E-state index is 0.109. The molecule has 0 N–H and O–H groups in total. The molecule has 3 rings (SSSR count). The lowest BCUT2D eigenvalue weighted by Crippen LogP contribution is -1.99. The van der Waals surface area contributed by atoms with Crippen LogP contribution >= 0.6 is 23.2 Å². The molecule has 1 aromatic carbocycles. The summed E-state index contributed by atoms with van der Waals surface area (Å²) < 4.78 is 1.91. The van der Waals surface area contributed by atoms with E-state index in [-0.39, 0.29) is 5.28 Å². The molecule has 6 heteroatoms. The molecule has 0 fully saturated rings. The monoisotopic (exact) mass is 278 g/mol. The smallest absolute Gasteiger partial charge is 0.225 e. The summed E-state index contributed by atoms with van der Waals surface area (Å²) in [5, 5.41) is 0.427. The molecule has 0 unspecified atom stereocenters. The standard InChI is InChI=1S/C12H8Cl2N4/c13-10-9-11(17-12(14)16-10)15-7-18(9)6-8-4-2-1-3-5-8/h1-5,7H,6H2. The zero-order valence-electron chi connectivity index (χ0n) is 9.22. The van der Waals surface area contributed by atoms with E-state index in [1.807, 2.05) is 34.9 Å². The number of hydrogen-bond acceptors (Lipinski definition) is 3. The predicted octanol–water partition coefficient (Wildman–Crippen LogP) is 3.18. The van der Waals surface area contributed by atoms with Crippen molar-refractivity contribution >= 4 is 34.4 Å². The molecule has 0 amide bonds. The van der Waals surface area contributed by atoms with Crippen LogP contribution in [-0.2, 0) is 6.54 Å². The van der Waals surface area contributed by atoms with Crippen molar-refractivity contribution in [2.45, 2.75) is 6.54 Å². The summed E-state index contributed by atoms with van der Waals surface area (Å²) in [6.07, 6.45) is 1.69. The normalized spacial score (nSPS) is 11.0. The van der Waals surface area contributed by atoms with Gasteiger partial charge in [0.2, 0.25) is 5.28 Å². The fourth-order valence-electron chi connectivity index (χ4n) is 1.81. The molecule has 0 saturated heterocycles. The van der Waals surface area contributed by atoms with Gasteiger partial charge in [-0.25, -0.2) is 9.97 Å². The summed E-state index contributed by atoms with van der Waals surface area (Å²) in [6, 6.07) is 10.0. The maximum atomic E-state index is 6.08. The minimum Gasteiger partial charge on any atom is -0.322 e. The number of rotatable bonds is 2. The Hall–Kier alpha value is -1.65. The Labute approximate surface area is 113 Å². The molecule has 0 aliphatic rings. The topological polar surface area (TPSA) is 43.6 Å². The van der Waals surface area contributed by atoms with Gasteiger partial charge in [-0.3, -0.25) is 0 Å². The Morgan fingerprint density at radius 1 is 1.06 bits per heavy atom. The van der Waals surface area contributed by atoms with Crippen molar-refractivity contribution in [2.24, 2.45) is 0 Å². The van der Waals surface area contributed by atoms with Crippen LogP contribution in [0.25, 0.3) is 11.2 Å². The van der Waals surface area contributed by atoms with Gasteiger partial charge in [-0.15, -0.1) is 0 Å². The molecular weight excluding hydrogens is 271 g/mol. The second-order valence-electron chi connectivity index (χ2n) is 3.81. The fraction of sp³-hybridized carbons (Fsp3) is 0.0833. The van der Waals surface area contributed by atoms with Crippen molar-refractivity contribution in [1.82, 2.24) is 19.5 Å². The lowest BCUT2D eigenvalue weighted by molar-refractivity contribution is 0.823. The molecule has 2 aromatic heterocycles. The van der Waals surface area contributed by atoms with E-state index in [9.17, 15) is 0 Å². The second kappa shape index (κ2) is 4.55. The highest BCUT2D eigenvalue weighted by Gasteiger charge is 2.11. The van der Waals surface area contributed by atoms with Crippen molar-refractivity contribution in [3.63, 3.8) is 0 Å². The highest BCUT2D eigenvalue weighted by atomic mass is 35.5. The highest BCUT2D eigenvalue weighted by molar-refractivity contribution is 6.35. The third kappa shape index (κ3) is 2.05. The fourth-order valence-corrected chi connectivity index (χ4v) is 2.29. The van der Waals surface area contributed by atoms with E-state index < -0.39 is 0 Å². The van der Waals surface area contributed by atoms with E-state index in [4.69, 9.17) is 23.2 Å². The van der Waals surface area contributed by atoms with Crippen LogP contribution in [0, 0.1) is 0 Å². The van der Waals surface area contributed by atoms with Crippen molar-refractivity contribution < 1.29 is 0 Å². The predicted molar refractivity (Wildman–Crippen MR) is 70.9 cm³/mol. The zero-order valence-corrected chi connectivity index (χ0v) is 10.7. The van der Waals surface area contributed by atoms with E-state index in [2.05, 4.69) is 15.0 Å². The molecule has 2 heterocycles. The first-order valence-electron chi connectivity index (χ1n) is 5.32. The lowest BCUT2D eigenvalue weighted by Gasteiger charge is -2.04. The highest BCUT2D eigenvalue weighted by Crippen LogP contribution is 2.22.